The Morgan fingerprint density at radius 2 is 1.40 bits per heavy atom. The molecule has 0 saturated carbocycles. The van der Waals surface area contributed by atoms with Gasteiger partial charge in [0.25, 0.3) is 11.8 Å². The third-order valence-corrected chi connectivity index (χ3v) is 1.58. The van der Waals surface area contributed by atoms with Gasteiger partial charge in [-0.05, 0) is 0 Å². The van der Waals surface area contributed by atoms with Crippen LogP contribution in [-0.4, -0.2) is 31.6 Å². The molecule has 92 valence electrons. The smallest absolute Gasteiger partial charge is 0.325 e. The van der Waals surface area contributed by atoms with E-state index in [-0.39, 0.29) is 0 Å². The number of methoxy groups -OCH3 is 1. The van der Waals surface area contributed by atoms with Crippen molar-refractivity contribution in [3.63, 3.8) is 0 Å². The standard InChI is InChI=1S/C7H11F6NO/c1-15-7(12,13)3-5(8,9)2-6(10,11)4-14/h2-4,14H2,1H3. The van der Waals surface area contributed by atoms with Crippen LogP contribution in [0.2, 0.25) is 0 Å². The average Bonchev–Trinajstić information content (AvgIpc) is 2.00. The molecule has 0 aliphatic heterocycles. The highest BCUT2D eigenvalue weighted by atomic mass is 19.3. The lowest BCUT2D eigenvalue weighted by Gasteiger charge is -2.25. The Bertz CT molecular complexity index is 188. The molecule has 0 bridgehead atoms. The summed E-state index contributed by atoms with van der Waals surface area (Å²) in [7, 11) is 0.511. The minimum atomic E-state index is -4.23. The molecule has 0 saturated heterocycles. The number of nitrogens with two attached hydrogens (primary N) is 1. The predicted molar refractivity (Wildman–Crippen MR) is 40.1 cm³/mol. The van der Waals surface area contributed by atoms with Gasteiger partial charge in [0.05, 0.1) is 13.0 Å². The molecule has 15 heavy (non-hydrogen) atoms. The summed E-state index contributed by atoms with van der Waals surface area (Å²) in [5, 5.41) is 0. The Morgan fingerprint density at radius 1 is 0.933 bits per heavy atom. The fraction of sp³-hybridized carbons (Fsp3) is 1.00. The summed E-state index contributed by atoms with van der Waals surface area (Å²) in [6.45, 7) is -1.32. The van der Waals surface area contributed by atoms with E-state index in [1.807, 2.05) is 0 Å². The van der Waals surface area contributed by atoms with Crippen molar-refractivity contribution in [2.45, 2.75) is 30.8 Å². The molecule has 0 aromatic rings. The van der Waals surface area contributed by atoms with Crippen LogP contribution >= 0.6 is 0 Å². The van der Waals surface area contributed by atoms with Crippen molar-refractivity contribution in [3.8, 4) is 0 Å². The molecule has 0 atom stereocenters. The molecule has 0 aliphatic carbocycles. The summed E-state index contributed by atoms with van der Waals surface area (Å²) < 4.78 is 78.4. The molecule has 0 radical (unpaired) electrons. The first kappa shape index (κ1) is 14.5. The van der Waals surface area contributed by atoms with Gasteiger partial charge in [-0.3, -0.25) is 0 Å². The van der Waals surface area contributed by atoms with E-state index in [9.17, 15) is 26.3 Å². The Morgan fingerprint density at radius 3 is 1.73 bits per heavy atom. The molecule has 8 heteroatoms. The van der Waals surface area contributed by atoms with Crippen LogP contribution in [0.4, 0.5) is 26.3 Å². The van der Waals surface area contributed by atoms with Crippen LogP contribution in [0.25, 0.3) is 0 Å². The second kappa shape index (κ2) is 4.56. The molecular formula is C7H11F6NO. The molecule has 0 heterocycles. The van der Waals surface area contributed by atoms with Gasteiger partial charge >= 0.3 is 6.11 Å². The fourth-order valence-electron chi connectivity index (χ4n) is 0.886. The summed E-state index contributed by atoms with van der Waals surface area (Å²) in [5.41, 5.74) is 4.51. The molecule has 0 aromatic heterocycles. The molecule has 0 unspecified atom stereocenters. The van der Waals surface area contributed by atoms with Crippen molar-refractivity contribution < 1.29 is 31.1 Å². The van der Waals surface area contributed by atoms with Crippen molar-refractivity contribution >= 4 is 0 Å². The minimum absolute atomic E-state index is 0.511. The summed E-state index contributed by atoms with van der Waals surface area (Å²) in [4.78, 5) is 0. The highest BCUT2D eigenvalue weighted by molar-refractivity contribution is 4.80. The summed E-state index contributed by atoms with van der Waals surface area (Å²) in [6.07, 6.45) is -8.24. The van der Waals surface area contributed by atoms with E-state index < -0.39 is 37.3 Å². The van der Waals surface area contributed by atoms with E-state index in [2.05, 4.69) is 10.5 Å². The highest BCUT2D eigenvalue weighted by Crippen LogP contribution is 2.38. The predicted octanol–water partition coefficient (Wildman–Crippen LogP) is 2.24. The van der Waals surface area contributed by atoms with Gasteiger partial charge in [-0.25, -0.2) is 17.6 Å². The lowest BCUT2D eigenvalue weighted by molar-refractivity contribution is -0.263. The lowest BCUT2D eigenvalue weighted by Crippen LogP contribution is -2.39. The zero-order valence-electron chi connectivity index (χ0n) is 7.87. The first-order chi connectivity index (χ1) is 6.54. The number of hydrogen-bond acceptors (Lipinski definition) is 2. The minimum Gasteiger partial charge on any atom is -0.325 e. The molecule has 2 N–H and O–H groups in total. The average molecular weight is 239 g/mol. The number of alkyl halides is 6. The van der Waals surface area contributed by atoms with Gasteiger partial charge in [0.1, 0.15) is 6.42 Å². The molecule has 0 aromatic carbocycles. The third kappa shape index (κ3) is 5.83. The fourth-order valence-corrected chi connectivity index (χ4v) is 0.886. The maximum atomic E-state index is 12.7. The number of hydrogen-bond donors (Lipinski definition) is 1. The van der Waals surface area contributed by atoms with Crippen LogP contribution in [0.1, 0.15) is 12.8 Å². The summed E-state index contributed by atoms with van der Waals surface area (Å²) in [6, 6.07) is 0. The van der Waals surface area contributed by atoms with E-state index in [1.165, 1.54) is 0 Å². The SMILES string of the molecule is COC(F)(F)CC(F)(F)CC(F)(F)CN. The monoisotopic (exact) mass is 239 g/mol. The van der Waals surface area contributed by atoms with E-state index in [1.54, 1.807) is 0 Å². The van der Waals surface area contributed by atoms with E-state index in [0.717, 1.165) is 0 Å². The van der Waals surface area contributed by atoms with Gasteiger partial charge in [-0.1, -0.05) is 0 Å². The molecular weight excluding hydrogens is 228 g/mol. The van der Waals surface area contributed by atoms with Gasteiger partial charge in [-0.2, -0.15) is 8.78 Å². The van der Waals surface area contributed by atoms with Crippen molar-refractivity contribution in [3.05, 3.63) is 0 Å². The molecule has 0 amide bonds. The van der Waals surface area contributed by atoms with Crippen molar-refractivity contribution in [2.75, 3.05) is 13.7 Å². The maximum Gasteiger partial charge on any atom is 0.361 e. The van der Waals surface area contributed by atoms with E-state index >= 15 is 0 Å². The van der Waals surface area contributed by atoms with Crippen LogP contribution in [0, 0.1) is 0 Å². The first-order valence-electron chi connectivity index (χ1n) is 3.92. The highest BCUT2D eigenvalue weighted by Gasteiger charge is 2.49. The number of halogens is 6. The lowest BCUT2D eigenvalue weighted by atomic mass is 10.1. The Labute approximate surface area is 82.4 Å². The first-order valence-corrected chi connectivity index (χ1v) is 3.92. The Kier molecular flexibility index (Phi) is 4.41. The molecule has 0 spiro atoms. The maximum absolute atomic E-state index is 12.7. The largest absolute Gasteiger partial charge is 0.361 e. The topological polar surface area (TPSA) is 35.2 Å². The van der Waals surface area contributed by atoms with E-state index in [4.69, 9.17) is 0 Å². The molecule has 0 rings (SSSR count). The second-order valence-electron chi connectivity index (χ2n) is 3.11. The summed E-state index contributed by atoms with van der Waals surface area (Å²) in [5.74, 6) is -8.10. The molecule has 0 fully saturated rings. The zero-order valence-corrected chi connectivity index (χ0v) is 7.87. The van der Waals surface area contributed by atoms with Gasteiger partial charge in [0.15, 0.2) is 0 Å². The van der Waals surface area contributed by atoms with Crippen LogP contribution in [-0.2, 0) is 4.74 Å². The van der Waals surface area contributed by atoms with Gasteiger partial charge in [0.2, 0.25) is 0 Å². The normalized spacial score (nSPS) is 14.4. The van der Waals surface area contributed by atoms with E-state index in [0.29, 0.717) is 7.11 Å². The van der Waals surface area contributed by atoms with Crippen LogP contribution in [0.15, 0.2) is 0 Å². The number of ether oxygens (including phenoxy) is 1. The Hall–Kier alpha value is -0.500. The van der Waals surface area contributed by atoms with Gasteiger partial charge in [-0.15, -0.1) is 0 Å². The summed E-state index contributed by atoms with van der Waals surface area (Å²) >= 11 is 0. The van der Waals surface area contributed by atoms with Crippen molar-refractivity contribution in [1.29, 1.82) is 0 Å². The quantitative estimate of drug-likeness (QED) is 0.721. The van der Waals surface area contributed by atoms with Crippen molar-refractivity contribution in [2.24, 2.45) is 5.73 Å². The third-order valence-electron chi connectivity index (χ3n) is 1.58. The zero-order chi connectivity index (χ0) is 12.3. The molecule has 2 nitrogen and oxygen atoms in total. The Balaban J connectivity index is 4.43. The molecule has 0 aliphatic rings. The second-order valence-corrected chi connectivity index (χ2v) is 3.11. The van der Waals surface area contributed by atoms with Crippen LogP contribution in [0.5, 0.6) is 0 Å². The van der Waals surface area contributed by atoms with Crippen LogP contribution < -0.4 is 5.73 Å². The number of rotatable bonds is 6. The van der Waals surface area contributed by atoms with Crippen molar-refractivity contribution in [1.82, 2.24) is 0 Å². The van der Waals surface area contributed by atoms with Crippen LogP contribution in [0.3, 0.4) is 0 Å². The van der Waals surface area contributed by atoms with Gasteiger partial charge < -0.3 is 10.5 Å². The van der Waals surface area contributed by atoms with Gasteiger partial charge in [0, 0.05) is 7.11 Å².